The van der Waals surface area contributed by atoms with Gasteiger partial charge in [-0.2, -0.15) is 0 Å². The molecular weight excluding hydrogens is 396 g/mol. The summed E-state index contributed by atoms with van der Waals surface area (Å²) in [5, 5.41) is 11.1. The van der Waals surface area contributed by atoms with Crippen molar-refractivity contribution in [3.05, 3.63) is 64.2 Å². The van der Waals surface area contributed by atoms with Crippen LogP contribution < -0.4 is 4.31 Å². The van der Waals surface area contributed by atoms with E-state index in [0.29, 0.717) is 5.69 Å². The number of nitro benzene ring substituents is 1. The molecule has 2 aromatic rings. The van der Waals surface area contributed by atoms with Crippen LogP contribution in [-0.4, -0.2) is 32.0 Å². The molecule has 0 aliphatic heterocycles. The number of non-ortho nitro benzene ring substituents is 1. The highest BCUT2D eigenvalue weighted by atomic mass is 32.2. The summed E-state index contributed by atoms with van der Waals surface area (Å²) in [5.74, 6) is -0.734. The Labute approximate surface area is 170 Å². The van der Waals surface area contributed by atoms with Crippen molar-refractivity contribution < 1.29 is 22.9 Å². The molecule has 0 unspecified atom stereocenters. The van der Waals surface area contributed by atoms with Crippen molar-refractivity contribution in [1.29, 1.82) is 0 Å². The van der Waals surface area contributed by atoms with Gasteiger partial charge in [0.05, 0.1) is 21.6 Å². The van der Waals surface area contributed by atoms with E-state index in [1.165, 1.54) is 18.2 Å². The molecule has 0 fully saturated rings. The van der Waals surface area contributed by atoms with Crippen LogP contribution in [0.3, 0.4) is 0 Å². The van der Waals surface area contributed by atoms with Crippen LogP contribution in [0.5, 0.6) is 0 Å². The Balaban J connectivity index is 2.62. The van der Waals surface area contributed by atoms with Crippen molar-refractivity contribution in [1.82, 2.24) is 0 Å². The molecule has 0 saturated carbocycles. The van der Waals surface area contributed by atoms with E-state index < -0.39 is 33.6 Å². The van der Waals surface area contributed by atoms with E-state index >= 15 is 0 Å². The average molecular weight is 420 g/mol. The van der Waals surface area contributed by atoms with E-state index in [4.69, 9.17) is 4.74 Å². The Morgan fingerprint density at radius 2 is 1.76 bits per heavy atom. The zero-order chi connectivity index (χ0) is 21.8. The number of para-hydroxylation sites is 1. The number of nitrogens with zero attached hydrogens (tertiary/aromatic N) is 2. The van der Waals surface area contributed by atoms with Crippen molar-refractivity contribution in [3.63, 3.8) is 0 Å². The lowest BCUT2D eigenvalue weighted by Crippen LogP contribution is -2.38. The maximum absolute atomic E-state index is 13.4. The number of ether oxygens (including phenoxy) is 1. The lowest BCUT2D eigenvalue weighted by atomic mass is 10.0. The molecule has 9 heteroatoms. The van der Waals surface area contributed by atoms with Crippen LogP contribution in [0, 0.1) is 10.1 Å². The van der Waals surface area contributed by atoms with Gasteiger partial charge in [0, 0.05) is 12.1 Å². The predicted octanol–water partition coefficient (Wildman–Crippen LogP) is 3.87. The van der Waals surface area contributed by atoms with Crippen LogP contribution in [-0.2, 0) is 19.6 Å². The van der Waals surface area contributed by atoms with Crippen LogP contribution in [0.25, 0.3) is 0 Å². The molecule has 0 amide bonds. The molecule has 0 radical (unpaired) electrons. The fraction of sp³-hybridized carbons (Fsp3) is 0.350. The zero-order valence-electron chi connectivity index (χ0n) is 16.7. The largest absolute Gasteiger partial charge is 0.462 e. The maximum Gasteiger partial charge on any atom is 0.327 e. The van der Waals surface area contributed by atoms with Crippen LogP contribution in [0.4, 0.5) is 11.4 Å². The number of rotatable bonds is 8. The normalized spacial score (nSPS) is 11.5. The highest BCUT2D eigenvalue weighted by Crippen LogP contribution is 2.32. The van der Waals surface area contributed by atoms with Gasteiger partial charge in [-0.05, 0) is 37.5 Å². The SMILES string of the molecule is CC(C)OC(=O)CN(c1ccccc1C(C)C)S(=O)(=O)c1cccc([N+](=O)[O-])c1. The van der Waals surface area contributed by atoms with Gasteiger partial charge in [0.25, 0.3) is 15.7 Å². The second kappa shape index (κ2) is 9.04. The molecule has 2 aromatic carbocycles. The quantitative estimate of drug-likeness (QED) is 0.365. The molecule has 0 atom stereocenters. The summed E-state index contributed by atoms with van der Waals surface area (Å²) < 4.78 is 32.9. The maximum atomic E-state index is 13.4. The Morgan fingerprint density at radius 3 is 2.34 bits per heavy atom. The number of benzene rings is 2. The van der Waals surface area contributed by atoms with E-state index in [2.05, 4.69) is 0 Å². The van der Waals surface area contributed by atoms with E-state index in [1.807, 2.05) is 13.8 Å². The number of carbonyl (C=O) groups is 1. The summed E-state index contributed by atoms with van der Waals surface area (Å²) in [5.41, 5.74) is 0.696. The highest BCUT2D eigenvalue weighted by Gasteiger charge is 2.31. The molecule has 0 saturated heterocycles. The van der Waals surface area contributed by atoms with Gasteiger partial charge in [-0.1, -0.05) is 38.1 Å². The molecule has 0 aromatic heterocycles. The van der Waals surface area contributed by atoms with Crippen LogP contribution in [0.2, 0.25) is 0 Å². The topological polar surface area (TPSA) is 107 Å². The number of nitro groups is 1. The van der Waals surface area contributed by atoms with Gasteiger partial charge in [-0.3, -0.25) is 19.2 Å². The van der Waals surface area contributed by atoms with E-state index in [1.54, 1.807) is 38.1 Å². The van der Waals surface area contributed by atoms with Gasteiger partial charge >= 0.3 is 5.97 Å². The lowest BCUT2D eigenvalue weighted by Gasteiger charge is -2.27. The van der Waals surface area contributed by atoms with Crippen molar-refractivity contribution in [3.8, 4) is 0 Å². The van der Waals surface area contributed by atoms with Gasteiger partial charge in [-0.15, -0.1) is 0 Å². The number of sulfonamides is 1. The molecule has 156 valence electrons. The Kier molecular flexibility index (Phi) is 6.97. The van der Waals surface area contributed by atoms with E-state index in [0.717, 1.165) is 15.9 Å². The number of hydrogen-bond donors (Lipinski definition) is 0. The minimum Gasteiger partial charge on any atom is -0.462 e. The first-order valence-electron chi connectivity index (χ1n) is 9.09. The summed E-state index contributed by atoms with van der Waals surface area (Å²) >= 11 is 0. The highest BCUT2D eigenvalue weighted by molar-refractivity contribution is 7.92. The molecule has 0 aliphatic carbocycles. The van der Waals surface area contributed by atoms with Gasteiger partial charge in [-0.25, -0.2) is 8.42 Å². The molecule has 0 aliphatic rings. The summed E-state index contributed by atoms with van der Waals surface area (Å²) in [7, 11) is -4.27. The van der Waals surface area contributed by atoms with Crippen molar-refractivity contribution >= 4 is 27.4 Å². The van der Waals surface area contributed by atoms with E-state index in [-0.39, 0.29) is 16.5 Å². The molecule has 0 heterocycles. The number of carbonyl (C=O) groups excluding carboxylic acids is 1. The van der Waals surface area contributed by atoms with E-state index in [9.17, 15) is 23.3 Å². The Hall–Kier alpha value is -2.94. The third-order valence-corrected chi connectivity index (χ3v) is 5.84. The standard InChI is InChI=1S/C20H24N2O6S/c1-14(2)18-10-5-6-11-19(18)21(13-20(23)28-15(3)4)29(26,27)17-9-7-8-16(12-17)22(24)25/h5-12,14-15H,13H2,1-4H3. The summed E-state index contributed by atoms with van der Waals surface area (Å²) in [6.07, 6.45) is -0.412. The Bertz CT molecular complexity index is 1000. The number of hydrogen-bond acceptors (Lipinski definition) is 6. The Morgan fingerprint density at radius 1 is 1.10 bits per heavy atom. The fourth-order valence-electron chi connectivity index (χ4n) is 2.80. The molecule has 0 N–H and O–H groups in total. The van der Waals surface area contributed by atoms with Gasteiger partial charge in [0.15, 0.2) is 0 Å². The van der Waals surface area contributed by atoms with Crippen LogP contribution >= 0.6 is 0 Å². The zero-order valence-corrected chi connectivity index (χ0v) is 17.5. The van der Waals surface area contributed by atoms with Crippen LogP contribution in [0.15, 0.2) is 53.4 Å². The monoisotopic (exact) mass is 420 g/mol. The first-order valence-corrected chi connectivity index (χ1v) is 10.5. The molecule has 8 nitrogen and oxygen atoms in total. The van der Waals surface area contributed by atoms with Crippen LogP contribution in [0.1, 0.15) is 39.2 Å². The third-order valence-electron chi connectivity index (χ3n) is 4.08. The lowest BCUT2D eigenvalue weighted by molar-refractivity contribution is -0.385. The molecule has 29 heavy (non-hydrogen) atoms. The molecule has 0 spiro atoms. The minimum absolute atomic E-state index is 0.0184. The van der Waals surface area contributed by atoms with Crippen molar-refractivity contribution in [2.75, 3.05) is 10.8 Å². The predicted molar refractivity (Wildman–Crippen MR) is 109 cm³/mol. The molecule has 2 rings (SSSR count). The third kappa shape index (κ3) is 5.32. The fourth-order valence-corrected chi connectivity index (χ4v) is 4.28. The summed E-state index contributed by atoms with van der Waals surface area (Å²) in [6.45, 7) is 6.60. The second-order valence-electron chi connectivity index (χ2n) is 7.02. The molecular formula is C20H24N2O6S. The van der Waals surface area contributed by atoms with Crippen molar-refractivity contribution in [2.24, 2.45) is 0 Å². The summed E-state index contributed by atoms with van der Waals surface area (Å²) in [4.78, 5) is 22.5. The minimum atomic E-state index is -4.27. The van der Waals surface area contributed by atoms with Gasteiger partial charge < -0.3 is 4.74 Å². The van der Waals surface area contributed by atoms with Crippen molar-refractivity contribution in [2.45, 2.75) is 44.6 Å². The average Bonchev–Trinajstić information content (AvgIpc) is 2.65. The van der Waals surface area contributed by atoms with Gasteiger partial charge in [0.2, 0.25) is 0 Å². The molecule has 0 bridgehead atoms. The van der Waals surface area contributed by atoms with Gasteiger partial charge in [0.1, 0.15) is 6.54 Å². The smallest absolute Gasteiger partial charge is 0.327 e. The number of anilines is 1. The second-order valence-corrected chi connectivity index (χ2v) is 8.88. The first kappa shape index (κ1) is 22.4. The summed E-state index contributed by atoms with van der Waals surface area (Å²) in [6, 6.07) is 11.6. The number of esters is 1. The first-order chi connectivity index (χ1) is 13.5.